The Hall–Kier alpha value is -2.63. The van der Waals surface area contributed by atoms with Crippen LogP contribution in [0.15, 0.2) is 36.7 Å². The first-order valence-electron chi connectivity index (χ1n) is 5.93. The van der Waals surface area contributed by atoms with Crippen LogP contribution < -0.4 is 0 Å². The van der Waals surface area contributed by atoms with Crippen LogP contribution in [0.3, 0.4) is 0 Å². The minimum absolute atomic E-state index is 0.0768. The third-order valence-corrected chi connectivity index (χ3v) is 2.84. The first-order valence-corrected chi connectivity index (χ1v) is 5.93. The molecule has 0 unspecified atom stereocenters. The lowest BCUT2D eigenvalue weighted by atomic mass is 10.2. The molecule has 0 aliphatic carbocycles. The molecule has 3 aromatic heterocycles. The maximum Gasteiger partial charge on any atom is 0.303 e. The van der Waals surface area contributed by atoms with E-state index in [0.717, 1.165) is 22.7 Å². The van der Waals surface area contributed by atoms with Crippen molar-refractivity contribution in [1.82, 2.24) is 19.6 Å². The van der Waals surface area contributed by atoms with Crippen LogP contribution in [0.25, 0.3) is 17.0 Å². The summed E-state index contributed by atoms with van der Waals surface area (Å²) in [6, 6.07) is 7.60. The highest BCUT2D eigenvalue weighted by molar-refractivity contribution is 5.67. The molecule has 0 amide bonds. The van der Waals surface area contributed by atoms with E-state index in [-0.39, 0.29) is 6.42 Å². The maximum absolute atomic E-state index is 10.5. The monoisotopic (exact) mass is 256 g/mol. The Kier molecular flexibility index (Phi) is 2.75. The molecule has 0 fully saturated rings. The number of H-pyrrole nitrogens is 1. The fourth-order valence-corrected chi connectivity index (χ4v) is 1.92. The molecule has 0 saturated carbocycles. The largest absolute Gasteiger partial charge is 0.481 e. The van der Waals surface area contributed by atoms with Crippen molar-refractivity contribution in [3.05, 3.63) is 42.4 Å². The van der Waals surface area contributed by atoms with Gasteiger partial charge in [-0.25, -0.2) is 9.50 Å². The number of nitrogens with one attached hydrogen (secondary N) is 1. The number of nitrogens with zero attached hydrogens (tertiary/aromatic N) is 3. The van der Waals surface area contributed by atoms with Gasteiger partial charge in [-0.2, -0.15) is 5.10 Å². The molecule has 0 aliphatic rings. The number of aromatic amines is 1. The highest BCUT2D eigenvalue weighted by Crippen LogP contribution is 2.15. The van der Waals surface area contributed by atoms with Gasteiger partial charge in [-0.05, 0) is 24.3 Å². The molecule has 19 heavy (non-hydrogen) atoms. The zero-order valence-electron chi connectivity index (χ0n) is 10.1. The van der Waals surface area contributed by atoms with E-state index in [0.29, 0.717) is 6.42 Å². The molecule has 0 radical (unpaired) electrons. The number of hydrogen-bond donors (Lipinski definition) is 2. The second kappa shape index (κ2) is 4.56. The number of rotatable bonds is 4. The van der Waals surface area contributed by atoms with Gasteiger partial charge >= 0.3 is 5.97 Å². The smallest absolute Gasteiger partial charge is 0.303 e. The molecule has 3 aromatic rings. The van der Waals surface area contributed by atoms with Crippen molar-refractivity contribution in [3.8, 4) is 11.4 Å². The Labute approximate surface area is 108 Å². The number of hydrogen-bond acceptors (Lipinski definition) is 3. The van der Waals surface area contributed by atoms with E-state index in [4.69, 9.17) is 5.11 Å². The quantitative estimate of drug-likeness (QED) is 0.744. The highest BCUT2D eigenvalue weighted by atomic mass is 16.4. The molecule has 0 aliphatic heterocycles. The van der Waals surface area contributed by atoms with Crippen LogP contribution in [-0.4, -0.2) is 30.7 Å². The molecule has 3 heterocycles. The van der Waals surface area contributed by atoms with Crippen molar-refractivity contribution >= 4 is 11.6 Å². The Morgan fingerprint density at radius 1 is 1.37 bits per heavy atom. The Morgan fingerprint density at radius 3 is 3.00 bits per heavy atom. The van der Waals surface area contributed by atoms with Crippen molar-refractivity contribution < 1.29 is 9.90 Å². The van der Waals surface area contributed by atoms with E-state index in [9.17, 15) is 4.79 Å². The summed E-state index contributed by atoms with van der Waals surface area (Å²) >= 11 is 0. The van der Waals surface area contributed by atoms with Crippen LogP contribution in [0.2, 0.25) is 0 Å². The fourth-order valence-electron chi connectivity index (χ4n) is 1.92. The molecule has 3 rings (SSSR count). The second-order valence-corrected chi connectivity index (χ2v) is 4.23. The Morgan fingerprint density at radius 2 is 2.26 bits per heavy atom. The Bertz CT molecular complexity index is 715. The van der Waals surface area contributed by atoms with Gasteiger partial charge in [0.1, 0.15) is 5.69 Å². The van der Waals surface area contributed by atoms with Crippen LogP contribution >= 0.6 is 0 Å². The van der Waals surface area contributed by atoms with E-state index >= 15 is 0 Å². The lowest BCUT2D eigenvalue weighted by molar-refractivity contribution is -0.136. The molecule has 6 nitrogen and oxygen atoms in total. The van der Waals surface area contributed by atoms with Crippen molar-refractivity contribution in [3.63, 3.8) is 0 Å². The summed E-state index contributed by atoms with van der Waals surface area (Å²) in [7, 11) is 0. The van der Waals surface area contributed by atoms with Gasteiger partial charge in [0.05, 0.1) is 24.0 Å². The van der Waals surface area contributed by atoms with Crippen LogP contribution in [0.5, 0.6) is 0 Å². The normalized spacial score (nSPS) is 10.9. The average molecular weight is 256 g/mol. The first kappa shape index (κ1) is 11.5. The number of aromatic nitrogens is 4. The topological polar surface area (TPSA) is 83.3 Å². The zero-order chi connectivity index (χ0) is 13.2. The summed E-state index contributed by atoms with van der Waals surface area (Å²) in [5.41, 5.74) is 3.21. The van der Waals surface area contributed by atoms with Crippen molar-refractivity contribution in [1.29, 1.82) is 0 Å². The molecule has 0 bridgehead atoms. The summed E-state index contributed by atoms with van der Waals surface area (Å²) in [5.74, 6) is -0.822. The number of carbonyl (C=O) groups is 1. The summed E-state index contributed by atoms with van der Waals surface area (Å²) in [6.45, 7) is 0. The van der Waals surface area contributed by atoms with Gasteiger partial charge in [0.2, 0.25) is 0 Å². The van der Waals surface area contributed by atoms with Crippen molar-refractivity contribution in [2.24, 2.45) is 0 Å². The molecule has 2 N–H and O–H groups in total. The molecule has 0 spiro atoms. The van der Waals surface area contributed by atoms with Crippen molar-refractivity contribution in [2.75, 3.05) is 0 Å². The maximum atomic E-state index is 10.5. The Balaban J connectivity index is 1.93. The highest BCUT2D eigenvalue weighted by Gasteiger charge is 2.07. The predicted octanol–water partition coefficient (Wildman–Crippen LogP) is 1.74. The lowest BCUT2D eigenvalue weighted by Gasteiger charge is -1.97. The standard InChI is InChI=1S/C13H12N4O2/c18-13(19)6-3-9-8-17-12(15-9)5-4-11(16-17)10-2-1-7-14-10/h1-2,4-5,7-8,14H,3,6H2,(H,18,19). The molecular weight excluding hydrogens is 244 g/mol. The number of aliphatic carboxylic acids is 1. The third-order valence-electron chi connectivity index (χ3n) is 2.84. The molecule has 6 heteroatoms. The van der Waals surface area contributed by atoms with Gasteiger partial charge in [-0.1, -0.05) is 0 Å². The van der Waals surface area contributed by atoms with Crippen LogP contribution in [-0.2, 0) is 11.2 Å². The van der Waals surface area contributed by atoms with Crippen molar-refractivity contribution in [2.45, 2.75) is 12.8 Å². The molecule has 0 atom stereocenters. The van der Waals surface area contributed by atoms with Crippen LogP contribution in [0.1, 0.15) is 12.1 Å². The lowest BCUT2D eigenvalue weighted by Crippen LogP contribution is -1.97. The van der Waals surface area contributed by atoms with E-state index in [1.54, 1.807) is 10.7 Å². The van der Waals surface area contributed by atoms with Gasteiger partial charge in [-0.3, -0.25) is 4.79 Å². The number of aryl methyl sites for hydroxylation is 1. The van der Waals surface area contributed by atoms with Crippen LogP contribution in [0, 0.1) is 0 Å². The molecule has 0 saturated heterocycles. The summed E-state index contributed by atoms with van der Waals surface area (Å²) in [4.78, 5) is 18.0. The summed E-state index contributed by atoms with van der Waals surface area (Å²) in [6.07, 6.45) is 4.10. The van der Waals surface area contributed by atoms with E-state index in [2.05, 4.69) is 15.1 Å². The summed E-state index contributed by atoms with van der Waals surface area (Å²) in [5, 5.41) is 13.1. The first-order chi connectivity index (χ1) is 9.22. The van der Waals surface area contributed by atoms with E-state index in [1.165, 1.54) is 0 Å². The number of imidazole rings is 1. The van der Waals surface area contributed by atoms with Gasteiger partial charge < -0.3 is 10.1 Å². The van der Waals surface area contributed by atoms with Gasteiger partial charge in [0.15, 0.2) is 5.65 Å². The molecule has 0 aromatic carbocycles. The minimum atomic E-state index is -0.822. The summed E-state index contributed by atoms with van der Waals surface area (Å²) < 4.78 is 1.67. The van der Waals surface area contributed by atoms with Gasteiger partial charge in [0.25, 0.3) is 0 Å². The van der Waals surface area contributed by atoms with Gasteiger partial charge in [0, 0.05) is 12.6 Å². The zero-order valence-corrected chi connectivity index (χ0v) is 10.1. The predicted molar refractivity (Wildman–Crippen MR) is 68.7 cm³/mol. The number of carboxylic acids is 1. The minimum Gasteiger partial charge on any atom is -0.481 e. The molecule has 96 valence electrons. The van der Waals surface area contributed by atoms with Crippen LogP contribution in [0.4, 0.5) is 0 Å². The van der Waals surface area contributed by atoms with Gasteiger partial charge in [-0.15, -0.1) is 0 Å². The number of carboxylic acid groups (broad SMARTS) is 1. The average Bonchev–Trinajstić information content (AvgIpc) is 3.04. The SMILES string of the molecule is O=C(O)CCc1cn2nc(-c3ccc[nH]3)ccc2n1. The fraction of sp³-hybridized carbons (Fsp3) is 0.154. The van der Waals surface area contributed by atoms with E-state index in [1.807, 2.05) is 30.5 Å². The van der Waals surface area contributed by atoms with E-state index < -0.39 is 5.97 Å². The molecular formula is C13H12N4O2. The second-order valence-electron chi connectivity index (χ2n) is 4.23. The third kappa shape index (κ3) is 2.33. The number of fused-ring (bicyclic) bond motifs is 1.